The van der Waals surface area contributed by atoms with Crippen molar-refractivity contribution in [1.82, 2.24) is 9.78 Å². The van der Waals surface area contributed by atoms with Crippen molar-refractivity contribution < 1.29 is 0 Å². The highest BCUT2D eigenvalue weighted by Gasteiger charge is 2.02. The monoisotopic (exact) mass is 327 g/mol. The lowest BCUT2D eigenvalue weighted by Gasteiger charge is -2.05. The number of halogens is 1. The SMILES string of the molecule is Cc1nn(C)cc1CNc1ccc(I)cc1. The topological polar surface area (TPSA) is 29.9 Å². The minimum atomic E-state index is 0.820. The van der Waals surface area contributed by atoms with Crippen molar-refractivity contribution >= 4 is 28.3 Å². The van der Waals surface area contributed by atoms with E-state index in [4.69, 9.17) is 0 Å². The Bertz CT molecular complexity index is 474. The zero-order chi connectivity index (χ0) is 11.5. The quantitative estimate of drug-likeness (QED) is 0.879. The van der Waals surface area contributed by atoms with Gasteiger partial charge in [0.15, 0.2) is 0 Å². The van der Waals surface area contributed by atoms with Gasteiger partial charge in [-0.15, -0.1) is 0 Å². The normalized spacial score (nSPS) is 10.4. The fourth-order valence-electron chi connectivity index (χ4n) is 1.59. The maximum atomic E-state index is 4.31. The van der Waals surface area contributed by atoms with Gasteiger partial charge in [-0.25, -0.2) is 0 Å². The number of nitrogens with zero attached hydrogens (tertiary/aromatic N) is 2. The average molecular weight is 327 g/mol. The molecule has 4 heteroatoms. The van der Waals surface area contributed by atoms with E-state index in [1.54, 1.807) is 0 Å². The first-order chi connectivity index (χ1) is 7.65. The van der Waals surface area contributed by atoms with Crippen molar-refractivity contribution in [3.05, 3.63) is 45.3 Å². The van der Waals surface area contributed by atoms with Gasteiger partial charge in [-0.3, -0.25) is 4.68 Å². The number of anilines is 1. The van der Waals surface area contributed by atoms with Crippen molar-refractivity contribution in [2.75, 3.05) is 5.32 Å². The maximum Gasteiger partial charge on any atom is 0.0643 e. The summed E-state index contributed by atoms with van der Waals surface area (Å²) in [5.41, 5.74) is 3.46. The molecule has 0 fully saturated rings. The molecule has 0 amide bonds. The Balaban J connectivity index is 2.02. The lowest BCUT2D eigenvalue weighted by atomic mass is 10.2. The molecule has 0 aliphatic carbocycles. The van der Waals surface area contributed by atoms with Crippen LogP contribution >= 0.6 is 22.6 Å². The molecule has 0 saturated carbocycles. The molecule has 1 heterocycles. The van der Waals surface area contributed by atoms with Gasteiger partial charge in [0.1, 0.15) is 0 Å². The van der Waals surface area contributed by atoms with Crippen LogP contribution in [0.15, 0.2) is 30.5 Å². The first-order valence-corrected chi connectivity index (χ1v) is 6.21. The number of nitrogens with one attached hydrogen (secondary N) is 1. The van der Waals surface area contributed by atoms with Gasteiger partial charge in [0.25, 0.3) is 0 Å². The van der Waals surface area contributed by atoms with Crippen molar-refractivity contribution in [3.8, 4) is 0 Å². The van der Waals surface area contributed by atoms with Gasteiger partial charge in [0.2, 0.25) is 0 Å². The lowest BCUT2D eigenvalue weighted by molar-refractivity contribution is 0.756. The third kappa shape index (κ3) is 2.75. The molecule has 1 aromatic carbocycles. The molecular formula is C12H14IN3. The lowest BCUT2D eigenvalue weighted by Crippen LogP contribution is -1.99. The number of hydrogen-bond donors (Lipinski definition) is 1. The van der Waals surface area contributed by atoms with Crippen LogP contribution in [0.2, 0.25) is 0 Å². The van der Waals surface area contributed by atoms with Crippen molar-refractivity contribution in [2.24, 2.45) is 7.05 Å². The molecule has 2 aromatic rings. The minimum absolute atomic E-state index is 0.820. The van der Waals surface area contributed by atoms with Crippen LogP contribution < -0.4 is 5.32 Å². The molecule has 0 aliphatic rings. The third-order valence-corrected chi connectivity index (χ3v) is 3.16. The second-order valence-corrected chi connectivity index (χ2v) is 5.02. The Morgan fingerprint density at radius 1 is 1.31 bits per heavy atom. The highest BCUT2D eigenvalue weighted by atomic mass is 127. The van der Waals surface area contributed by atoms with E-state index >= 15 is 0 Å². The predicted octanol–water partition coefficient (Wildman–Crippen LogP) is 2.95. The molecule has 0 atom stereocenters. The highest BCUT2D eigenvalue weighted by Crippen LogP contribution is 2.13. The second kappa shape index (κ2) is 4.86. The van der Waals surface area contributed by atoms with Crippen LogP contribution in [0.1, 0.15) is 11.3 Å². The Morgan fingerprint density at radius 2 is 2.00 bits per heavy atom. The van der Waals surface area contributed by atoms with Gasteiger partial charge in [0, 0.05) is 34.6 Å². The van der Waals surface area contributed by atoms with Crippen LogP contribution in [0.4, 0.5) is 5.69 Å². The molecule has 1 aromatic heterocycles. The van der Waals surface area contributed by atoms with Gasteiger partial charge in [0.05, 0.1) is 5.69 Å². The molecule has 2 rings (SSSR count). The van der Waals surface area contributed by atoms with Crippen LogP contribution in [0, 0.1) is 10.5 Å². The summed E-state index contributed by atoms with van der Waals surface area (Å²) in [7, 11) is 1.95. The molecule has 0 saturated heterocycles. The molecule has 84 valence electrons. The van der Waals surface area contributed by atoms with Crippen molar-refractivity contribution in [1.29, 1.82) is 0 Å². The molecule has 3 nitrogen and oxygen atoms in total. The number of rotatable bonds is 3. The van der Waals surface area contributed by atoms with Crippen LogP contribution in [0.3, 0.4) is 0 Å². The molecular weight excluding hydrogens is 313 g/mol. The fraction of sp³-hybridized carbons (Fsp3) is 0.250. The third-order valence-electron chi connectivity index (χ3n) is 2.44. The number of hydrogen-bond acceptors (Lipinski definition) is 2. The predicted molar refractivity (Wildman–Crippen MR) is 74.4 cm³/mol. The van der Waals surface area contributed by atoms with Gasteiger partial charge in [-0.1, -0.05) is 0 Å². The standard InChI is InChI=1S/C12H14IN3/c1-9-10(8-16(2)15-9)7-14-12-5-3-11(13)4-6-12/h3-6,8,14H,7H2,1-2H3. The molecule has 0 radical (unpaired) electrons. The van der Waals surface area contributed by atoms with E-state index in [-0.39, 0.29) is 0 Å². The zero-order valence-electron chi connectivity index (χ0n) is 9.37. The summed E-state index contributed by atoms with van der Waals surface area (Å²) in [6.45, 7) is 2.85. The largest absolute Gasteiger partial charge is 0.381 e. The van der Waals surface area contributed by atoms with Gasteiger partial charge in [-0.05, 0) is 53.8 Å². The van der Waals surface area contributed by atoms with E-state index in [0.717, 1.165) is 17.9 Å². The molecule has 0 bridgehead atoms. The van der Waals surface area contributed by atoms with Gasteiger partial charge >= 0.3 is 0 Å². The second-order valence-electron chi connectivity index (χ2n) is 3.77. The van der Waals surface area contributed by atoms with Crippen LogP contribution in [-0.2, 0) is 13.6 Å². The molecule has 16 heavy (non-hydrogen) atoms. The Hall–Kier alpha value is -1.04. The number of aryl methyl sites for hydroxylation is 2. The highest BCUT2D eigenvalue weighted by molar-refractivity contribution is 14.1. The van der Waals surface area contributed by atoms with E-state index < -0.39 is 0 Å². The van der Waals surface area contributed by atoms with Gasteiger partial charge in [-0.2, -0.15) is 5.10 Å². The smallest absolute Gasteiger partial charge is 0.0643 e. The Morgan fingerprint density at radius 3 is 2.56 bits per heavy atom. The first kappa shape index (κ1) is 11.4. The first-order valence-electron chi connectivity index (χ1n) is 5.14. The summed E-state index contributed by atoms with van der Waals surface area (Å²) >= 11 is 2.30. The summed E-state index contributed by atoms with van der Waals surface area (Å²) in [5.74, 6) is 0. The van der Waals surface area contributed by atoms with Crippen molar-refractivity contribution in [3.63, 3.8) is 0 Å². The summed E-state index contributed by atoms with van der Waals surface area (Å²) in [5, 5.41) is 7.70. The average Bonchev–Trinajstić information content (AvgIpc) is 2.57. The molecule has 0 spiro atoms. The summed E-state index contributed by atoms with van der Waals surface area (Å²) in [6.07, 6.45) is 2.05. The summed E-state index contributed by atoms with van der Waals surface area (Å²) < 4.78 is 3.10. The van der Waals surface area contributed by atoms with Crippen LogP contribution in [-0.4, -0.2) is 9.78 Å². The van der Waals surface area contributed by atoms with Gasteiger partial charge < -0.3 is 5.32 Å². The van der Waals surface area contributed by atoms with E-state index in [2.05, 4.69) is 63.5 Å². The van der Waals surface area contributed by atoms with Crippen LogP contribution in [0.25, 0.3) is 0 Å². The number of benzene rings is 1. The Kier molecular flexibility index (Phi) is 3.48. The van der Waals surface area contributed by atoms with E-state index in [1.165, 1.54) is 9.13 Å². The fourth-order valence-corrected chi connectivity index (χ4v) is 1.95. The maximum absolute atomic E-state index is 4.31. The van der Waals surface area contributed by atoms with Crippen LogP contribution in [0.5, 0.6) is 0 Å². The molecule has 0 aliphatic heterocycles. The van der Waals surface area contributed by atoms with E-state index in [9.17, 15) is 0 Å². The van der Waals surface area contributed by atoms with Crippen molar-refractivity contribution in [2.45, 2.75) is 13.5 Å². The zero-order valence-corrected chi connectivity index (χ0v) is 11.5. The molecule has 0 unspecified atom stereocenters. The summed E-state index contributed by atoms with van der Waals surface area (Å²) in [4.78, 5) is 0. The minimum Gasteiger partial charge on any atom is -0.381 e. The summed E-state index contributed by atoms with van der Waals surface area (Å²) in [6, 6.07) is 8.37. The van der Waals surface area contributed by atoms with E-state index in [1.807, 2.05) is 18.7 Å². The Labute approximate surface area is 109 Å². The van der Waals surface area contributed by atoms with E-state index in [0.29, 0.717) is 0 Å². The molecule has 1 N–H and O–H groups in total. The number of aromatic nitrogens is 2.